The molecule has 3 heterocycles. The van der Waals surface area contributed by atoms with Crippen molar-refractivity contribution >= 4 is 24.1 Å². The Morgan fingerprint density at radius 2 is 1.91 bits per heavy atom. The molecule has 1 aromatic carbocycles. The smallest absolute Gasteiger partial charge is 0.341 e. The van der Waals surface area contributed by atoms with Gasteiger partial charge in [-0.25, -0.2) is 23.6 Å². The topological polar surface area (TPSA) is 126 Å². The van der Waals surface area contributed by atoms with Crippen LogP contribution in [0.15, 0.2) is 29.5 Å². The second-order valence-corrected chi connectivity index (χ2v) is 7.51. The van der Waals surface area contributed by atoms with E-state index in [4.69, 9.17) is 10.5 Å². The lowest BCUT2D eigenvalue weighted by Crippen LogP contribution is -2.59. The number of likely N-dealkylation sites (tertiary alicyclic amines) is 1. The Labute approximate surface area is 186 Å². The van der Waals surface area contributed by atoms with Crippen LogP contribution in [0.3, 0.4) is 0 Å². The molecular formula is C20H20F3N7O3. The van der Waals surface area contributed by atoms with E-state index in [0.717, 1.165) is 29.4 Å². The third kappa shape index (κ3) is 5.13. The molecule has 13 heteroatoms. The van der Waals surface area contributed by atoms with Crippen molar-refractivity contribution in [2.45, 2.75) is 25.0 Å². The van der Waals surface area contributed by atoms with Crippen molar-refractivity contribution in [3.05, 3.63) is 47.4 Å². The average molecular weight is 463 g/mol. The van der Waals surface area contributed by atoms with E-state index < -0.39 is 41.5 Å². The Morgan fingerprint density at radius 3 is 2.61 bits per heavy atom. The average Bonchev–Trinajstić information content (AvgIpc) is 3.21. The minimum atomic E-state index is -0.780. The first-order valence-electron chi connectivity index (χ1n) is 10.1. The van der Waals surface area contributed by atoms with Crippen LogP contribution in [0.2, 0.25) is 0 Å². The molecule has 1 atom stereocenters. The second-order valence-electron chi connectivity index (χ2n) is 7.51. The van der Waals surface area contributed by atoms with E-state index in [0.29, 0.717) is 12.0 Å². The van der Waals surface area contributed by atoms with Gasteiger partial charge in [-0.1, -0.05) is 0 Å². The van der Waals surface area contributed by atoms with Crippen molar-refractivity contribution in [2.75, 3.05) is 25.0 Å². The number of primary amides is 1. The maximum atomic E-state index is 14.0. The molecule has 3 N–H and O–H groups in total. The minimum Gasteiger partial charge on any atom is -0.468 e. The molecule has 0 aliphatic carbocycles. The predicted octanol–water partition coefficient (Wildman–Crippen LogP) is 1.80. The lowest BCUT2D eigenvalue weighted by molar-refractivity contribution is -0.117. The van der Waals surface area contributed by atoms with E-state index in [9.17, 15) is 22.8 Å². The number of carbonyl (C=O) groups is 2. The largest absolute Gasteiger partial charge is 0.468 e. The maximum absolute atomic E-state index is 14.0. The van der Waals surface area contributed by atoms with Crippen molar-refractivity contribution in [1.29, 1.82) is 0 Å². The zero-order valence-electron chi connectivity index (χ0n) is 17.2. The molecule has 3 amide bonds. The number of benzene rings is 1. The van der Waals surface area contributed by atoms with E-state index in [-0.39, 0.29) is 37.9 Å². The first kappa shape index (κ1) is 22.3. The number of rotatable bonds is 7. The number of hydrazone groups is 1. The highest BCUT2D eigenvalue weighted by Gasteiger charge is 2.39. The Balaban J connectivity index is 1.34. The van der Waals surface area contributed by atoms with Gasteiger partial charge in [-0.05, 0) is 17.7 Å². The van der Waals surface area contributed by atoms with Crippen LogP contribution in [-0.2, 0) is 4.79 Å². The predicted molar refractivity (Wildman–Crippen MR) is 110 cm³/mol. The van der Waals surface area contributed by atoms with Gasteiger partial charge < -0.3 is 20.7 Å². The number of aromatic nitrogens is 2. The first-order valence-corrected chi connectivity index (χ1v) is 10.1. The maximum Gasteiger partial charge on any atom is 0.341 e. The third-order valence-corrected chi connectivity index (χ3v) is 5.06. The molecular weight excluding hydrogens is 443 g/mol. The zero-order valence-corrected chi connectivity index (χ0v) is 17.2. The standard InChI is InChI=1S/C20H20F3N7O3/c21-12-5-11(6-13(22)7-12)16-1-4-27-30(16)20(32)29-9-14(10-29)33-18-15(23)8-26-19(28-18)25-3-2-17(24)31/h4-8,14,16H,1-3,9-10H2,(H2,24,31)(H,25,26,28)/t16-/m0/s1. The van der Waals surface area contributed by atoms with E-state index in [1.807, 2.05) is 0 Å². The van der Waals surface area contributed by atoms with Crippen LogP contribution in [0.25, 0.3) is 0 Å². The Kier molecular flexibility index (Phi) is 6.29. The SMILES string of the molecule is NC(=O)CCNc1ncc(F)c(OC2CN(C(=O)N3N=CC[C@H]3c3cc(F)cc(F)c3)C2)n1. The lowest BCUT2D eigenvalue weighted by Gasteiger charge is -2.40. The number of urea groups is 1. The molecule has 1 saturated heterocycles. The molecule has 0 unspecified atom stereocenters. The summed E-state index contributed by atoms with van der Waals surface area (Å²) in [6.45, 7) is 0.463. The molecule has 0 radical (unpaired) electrons. The van der Waals surface area contributed by atoms with Crippen molar-refractivity contribution in [2.24, 2.45) is 10.8 Å². The molecule has 10 nitrogen and oxygen atoms in total. The Bertz CT molecular complexity index is 1070. The summed E-state index contributed by atoms with van der Waals surface area (Å²) in [6.07, 6.45) is 2.28. The number of amides is 3. The number of anilines is 1. The van der Waals surface area contributed by atoms with Crippen LogP contribution in [0.1, 0.15) is 24.4 Å². The van der Waals surface area contributed by atoms with Crippen molar-refractivity contribution in [3.8, 4) is 5.88 Å². The van der Waals surface area contributed by atoms with E-state index in [1.165, 1.54) is 11.1 Å². The van der Waals surface area contributed by atoms with E-state index in [2.05, 4.69) is 20.4 Å². The highest BCUT2D eigenvalue weighted by atomic mass is 19.1. The summed E-state index contributed by atoms with van der Waals surface area (Å²) in [5, 5.41) is 7.94. The molecule has 2 aromatic rings. The summed E-state index contributed by atoms with van der Waals surface area (Å²) < 4.78 is 46.7. The highest BCUT2D eigenvalue weighted by molar-refractivity contribution is 5.79. The molecule has 33 heavy (non-hydrogen) atoms. The van der Waals surface area contributed by atoms with Crippen molar-refractivity contribution in [3.63, 3.8) is 0 Å². The molecule has 4 rings (SSSR count). The van der Waals surface area contributed by atoms with Crippen LogP contribution in [0.4, 0.5) is 23.9 Å². The van der Waals surface area contributed by atoms with Gasteiger partial charge in [0.2, 0.25) is 17.7 Å². The van der Waals surface area contributed by atoms with Gasteiger partial charge in [0.05, 0.1) is 25.3 Å². The van der Waals surface area contributed by atoms with Gasteiger partial charge in [-0.3, -0.25) is 4.79 Å². The summed E-state index contributed by atoms with van der Waals surface area (Å²) >= 11 is 0. The number of hydrogen-bond donors (Lipinski definition) is 2. The van der Waals surface area contributed by atoms with Crippen LogP contribution in [0.5, 0.6) is 5.88 Å². The van der Waals surface area contributed by atoms with Gasteiger partial charge in [-0.2, -0.15) is 14.5 Å². The number of halogens is 3. The van der Waals surface area contributed by atoms with Crippen LogP contribution in [-0.4, -0.2) is 63.8 Å². The first-order chi connectivity index (χ1) is 15.8. The van der Waals surface area contributed by atoms with E-state index >= 15 is 0 Å². The molecule has 1 fully saturated rings. The van der Waals surface area contributed by atoms with E-state index in [1.54, 1.807) is 0 Å². The van der Waals surface area contributed by atoms with Gasteiger partial charge >= 0.3 is 6.03 Å². The van der Waals surface area contributed by atoms with Crippen LogP contribution >= 0.6 is 0 Å². The van der Waals surface area contributed by atoms with Gasteiger partial charge in [0.1, 0.15) is 17.7 Å². The van der Waals surface area contributed by atoms with Crippen molar-refractivity contribution < 1.29 is 27.5 Å². The second kappa shape index (κ2) is 9.30. The number of nitrogens with one attached hydrogen (secondary N) is 1. The quantitative estimate of drug-likeness (QED) is 0.645. The summed E-state index contributed by atoms with van der Waals surface area (Å²) in [6, 6.07) is 2.00. The van der Waals surface area contributed by atoms with Gasteiger partial charge in [0.15, 0.2) is 0 Å². The highest BCUT2D eigenvalue weighted by Crippen LogP contribution is 2.31. The molecule has 0 saturated carbocycles. The Hall–Kier alpha value is -3.90. The Morgan fingerprint density at radius 1 is 1.18 bits per heavy atom. The molecule has 2 aliphatic rings. The summed E-state index contributed by atoms with van der Waals surface area (Å²) in [4.78, 5) is 32.7. The molecule has 1 aromatic heterocycles. The summed E-state index contributed by atoms with van der Waals surface area (Å²) in [5.74, 6) is -2.99. The van der Waals surface area contributed by atoms with Crippen LogP contribution in [0, 0.1) is 17.5 Å². The monoisotopic (exact) mass is 463 g/mol. The van der Waals surface area contributed by atoms with Gasteiger partial charge in [-0.15, -0.1) is 0 Å². The molecule has 0 spiro atoms. The normalized spacial score (nSPS) is 17.7. The van der Waals surface area contributed by atoms with Crippen molar-refractivity contribution in [1.82, 2.24) is 19.9 Å². The lowest BCUT2D eigenvalue weighted by atomic mass is 10.0. The van der Waals surface area contributed by atoms with Gasteiger partial charge in [0.25, 0.3) is 5.88 Å². The number of nitrogens with zero attached hydrogens (tertiary/aromatic N) is 5. The third-order valence-electron chi connectivity index (χ3n) is 5.06. The zero-order chi connectivity index (χ0) is 23.5. The number of hydrogen-bond acceptors (Lipinski definition) is 7. The number of carbonyl (C=O) groups excluding carboxylic acids is 2. The molecule has 0 bridgehead atoms. The molecule has 2 aliphatic heterocycles. The fraction of sp³-hybridized carbons (Fsp3) is 0.350. The summed E-state index contributed by atoms with van der Waals surface area (Å²) in [7, 11) is 0. The minimum absolute atomic E-state index is 0.0544. The number of ether oxygens (including phenoxy) is 1. The fourth-order valence-corrected chi connectivity index (χ4v) is 3.43. The summed E-state index contributed by atoms with van der Waals surface area (Å²) in [5.41, 5.74) is 5.35. The number of nitrogens with two attached hydrogens (primary N) is 1. The van der Waals surface area contributed by atoms with Gasteiger partial charge in [0, 0.05) is 31.7 Å². The molecule has 174 valence electrons. The van der Waals surface area contributed by atoms with Crippen LogP contribution < -0.4 is 15.8 Å². The fourth-order valence-electron chi connectivity index (χ4n) is 3.43.